The summed E-state index contributed by atoms with van der Waals surface area (Å²) in [6, 6.07) is 8.01. The molecule has 132 valence electrons. The quantitative estimate of drug-likeness (QED) is 0.641. The number of anilines is 1. The third kappa shape index (κ3) is 4.96. The second-order valence-corrected chi connectivity index (χ2v) is 5.58. The van der Waals surface area contributed by atoms with E-state index in [9.17, 15) is 22.8 Å². The zero-order valence-electron chi connectivity index (χ0n) is 13.0. The van der Waals surface area contributed by atoms with E-state index in [0.29, 0.717) is 16.7 Å². The van der Waals surface area contributed by atoms with Crippen LogP contribution in [0, 0.1) is 17.5 Å². The van der Waals surface area contributed by atoms with Crippen molar-refractivity contribution in [3.63, 3.8) is 0 Å². The first-order valence-electron chi connectivity index (χ1n) is 7.16. The summed E-state index contributed by atoms with van der Waals surface area (Å²) in [5, 5.41) is 2.55. The van der Waals surface area contributed by atoms with Gasteiger partial charge in [-0.1, -0.05) is 23.7 Å². The normalized spacial score (nSPS) is 11.7. The van der Waals surface area contributed by atoms with E-state index in [1.165, 1.54) is 6.92 Å². The molecule has 0 aromatic heterocycles. The minimum atomic E-state index is -1.70. The number of rotatable bonds is 5. The van der Waals surface area contributed by atoms with Crippen LogP contribution in [0.5, 0.6) is 0 Å². The SMILES string of the molecule is C[C@H](OC(=O)Cc1ccc(Cl)cc1)C(=O)Nc1ccc(F)c(F)c1F. The fraction of sp³-hybridized carbons (Fsp3) is 0.176. The highest BCUT2D eigenvalue weighted by Gasteiger charge is 2.21. The van der Waals surface area contributed by atoms with Gasteiger partial charge >= 0.3 is 5.97 Å². The largest absolute Gasteiger partial charge is 0.452 e. The van der Waals surface area contributed by atoms with Crippen molar-refractivity contribution < 1.29 is 27.5 Å². The average molecular weight is 372 g/mol. The minimum absolute atomic E-state index is 0.0890. The Labute approximate surface area is 146 Å². The van der Waals surface area contributed by atoms with Crippen LogP contribution in [0.1, 0.15) is 12.5 Å². The van der Waals surface area contributed by atoms with Crippen molar-refractivity contribution in [3.05, 3.63) is 64.4 Å². The molecular weight excluding hydrogens is 359 g/mol. The lowest BCUT2D eigenvalue weighted by Crippen LogP contribution is -2.31. The number of ether oxygens (including phenoxy) is 1. The highest BCUT2D eigenvalue weighted by molar-refractivity contribution is 6.30. The summed E-state index contributed by atoms with van der Waals surface area (Å²) in [6.45, 7) is 1.27. The van der Waals surface area contributed by atoms with Crippen LogP contribution in [-0.4, -0.2) is 18.0 Å². The van der Waals surface area contributed by atoms with Gasteiger partial charge in [0.25, 0.3) is 5.91 Å². The molecule has 0 aliphatic carbocycles. The summed E-state index contributed by atoms with van der Waals surface area (Å²) in [6.07, 6.45) is -1.35. The smallest absolute Gasteiger partial charge is 0.311 e. The summed E-state index contributed by atoms with van der Waals surface area (Å²) in [7, 11) is 0. The molecule has 8 heteroatoms. The van der Waals surface area contributed by atoms with Crippen molar-refractivity contribution in [1.82, 2.24) is 0 Å². The maximum Gasteiger partial charge on any atom is 0.311 e. The number of benzene rings is 2. The number of hydrogen-bond donors (Lipinski definition) is 1. The van der Waals surface area contributed by atoms with E-state index in [2.05, 4.69) is 0 Å². The van der Waals surface area contributed by atoms with Crippen LogP contribution in [0.25, 0.3) is 0 Å². The number of amides is 1. The van der Waals surface area contributed by atoms with Crippen molar-refractivity contribution >= 4 is 29.2 Å². The van der Waals surface area contributed by atoms with Crippen LogP contribution in [0.3, 0.4) is 0 Å². The molecule has 1 amide bonds. The third-order valence-electron chi connectivity index (χ3n) is 3.23. The first kappa shape index (κ1) is 18.8. The lowest BCUT2D eigenvalue weighted by molar-refractivity contribution is -0.152. The molecule has 2 rings (SSSR count). The molecular formula is C17H13ClF3NO3. The molecule has 1 N–H and O–H groups in total. The van der Waals surface area contributed by atoms with Crippen LogP contribution >= 0.6 is 11.6 Å². The van der Waals surface area contributed by atoms with Crippen LogP contribution in [0.15, 0.2) is 36.4 Å². The molecule has 1 atom stereocenters. The molecule has 0 aliphatic heterocycles. The molecule has 0 heterocycles. The Morgan fingerprint density at radius 2 is 1.72 bits per heavy atom. The summed E-state index contributed by atoms with van der Waals surface area (Å²) in [5.41, 5.74) is 0.0816. The fourth-order valence-electron chi connectivity index (χ4n) is 1.92. The molecule has 0 spiro atoms. The summed E-state index contributed by atoms with van der Waals surface area (Å²) < 4.78 is 44.4. The van der Waals surface area contributed by atoms with E-state index >= 15 is 0 Å². The lowest BCUT2D eigenvalue weighted by atomic mass is 10.1. The van der Waals surface area contributed by atoms with Gasteiger partial charge in [-0.2, -0.15) is 0 Å². The van der Waals surface area contributed by atoms with Crippen molar-refractivity contribution in [3.8, 4) is 0 Å². The Bertz CT molecular complexity index is 796. The topological polar surface area (TPSA) is 55.4 Å². The van der Waals surface area contributed by atoms with E-state index in [1.807, 2.05) is 5.32 Å². The zero-order chi connectivity index (χ0) is 18.6. The Morgan fingerprint density at radius 1 is 1.08 bits per heavy atom. The molecule has 0 saturated carbocycles. The Balaban J connectivity index is 1.94. The van der Waals surface area contributed by atoms with E-state index in [-0.39, 0.29) is 6.42 Å². The Hall–Kier alpha value is -2.54. The predicted octanol–water partition coefficient (Wildman–Crippen LogP) is 3.87. The molecule has 0 aliphatic rings. The van der Waals surface area contributed by atoms with E-state index < -0.39 is 41.1 Å². The third-order valence-corrected chi connectivity index (χ3v) is 3.48. The van der Waals surface area contributed by atoms with Crippen molar-refractivity contribution in [2.45, 2.75) is 19.4 Å². The Kier molecular flexibility index (Phi) is 6.03. The number of halogens is 4. The molecule has 25 heavy (non-hydrogen) atoms. The van der Waals surface area contributed by atoms with Gasteiger partial charge in [0, 0.05) is 5.02 Å². The monoisotopic (exact) mass is 371 g/mol. The van der Waals surface area contributed by atoms with E-state index in [4.69, 9.17) is 16.3 Å². The van der Waals surface area contributed by atoms with Gasteiger partial charge in [-0.3, -0.25) is 9.59 Å². The van der Waals surface area contributed by atoms with Gasteiger partial charge in [0.2, 0.25) is 0 Å². The maximum atomic E-state index is 13.5. The summed E-state index contributed by atoms with van der Waals surface area (Å²) >= 11 is 5.73. The van der Waals surface area contributed by atoms with Gasteiger partial charge in [-0.05, 0) is 36.8 Å². The second kappa shape index (κ2) is 8.02. The van der Waals surface area contributed by atoms with Crippen LogP contribution in [0.2, 0.25) is 5.02 Å². The van der Waals surface area contributed by atoms with Gasteiger partial charge in [0.05, 0.1) is 12.1 Å². The average Bonchev–Trinajstić information content (AvgIpc) is 2.57. The van der Waals surface area contributed by atoms with Gasteiger partial charge in [-0.15, -0.1) is 0 Å². The number of hydrogen-bond acceptors (Lipinski definition) is 3. The summed E-state index contributed by atoms with van der Waals surface area (Å²) in [4.78, 5) is 23.7. The van der Waals surface area contributed by atoms with Gasteiger partial charge in [-0.25, -0.2) is 13.2 Å². The first-order valence-corrected chi connectivity index (χ1v) is 7.54. The molecule has 2 aromatic carbocycles. The molecule has 0 saturated heterocycles. The van der Waals surface area contributed by atoms with Crippen LogP contribution in [0.4, 0.5) is 18.9 Å². The predicted molar refractivity (Wildman–Crippen MR) is 85.7 cm³/mol. The Morgan fingerprint density at radius 3 is 2.36 bits per heavy atom. The zero-order valence-corrected chi connectivity index (χ0v) is 13.7. The lowest BCUT2D eigenvalue weighted by Gasteiger charge is -2.14. The highest BCUT2D eigenvalue weighted by atomic mass is 35.5. The molecule has 0 fully saturated rings. The van der Waals surface area contributed by atoms with Crippen molar-refractivity contribution in [2.75, 3.05) is 5.32 Å². The first-order chi connectivity index (χ1) is 11.8. The molecule has 2 aromatic rings. The van der Waals surface area contributed by atoms with E-state index in [0.717, 1.165) is 6.07 Å². The number of nitrogens with one attached hydrogen (secondary N) is 1. The molecule has 0 bridgehead atoms. The van der Waals surface area contributed by atoms with E-state index in [1.54, 1.807) is 24.3 Å². The van der Waals surface area contributed by atoms with Gasteiger partial charge < -0.3 is 10.1 Å². The number of esters is 1. The minimum Gasteiger partial charge on any atom is -0.452 e. The number of carbonyl (C=O) groups is 2. The van der Waals surface area contributed by atoms with Crippen LogP contribution < -0.4 is 5.32 Å². The summed E-state index contributed by atoms with van der Waals surface area (Å²) in [5.74, 6) is -6.18. The maximum absolute atomic E-state index is 13.5. The molecule has 4 nitrogen and oxygen atoms in total. The second-order valence-electron chi connectivity index (χ2n) is 5.15. The molecule has 0 radical (unpaired) electrons. The number of carbonyl (C=O) groups excluding carboxylic acids is 2. The van der Waals surface area contributed by atoms with Crippen molar-refractivity contribution in [2.24, 2.45) is 0 Å². The van der Waals surface area contributed by atoms with Gasteiger partial charge in [0.1, 0.15) is 0 Å². The molecule has 0 unspecified atom stereocenters. The standard InChI is InChI=1S/C17H13ClF3NO3/c1-9(25-14(23)8-10-2-4-11(18)5-3-10)17(24)22-13-7-6-12(19)15(20)16(13)21/h2-7,9H,8H2,1H3,(H,22,24)/t9-/m0/s1. The fourth-order valence-corrected chi connectivity index (χ4v) is 2.04. The van der Waals surface area contributed by atoms with Crippen LogP contribution in [-0.2, 0) is 20.7 Å². The van der Waals surface area contributed by atoms with Crippen molar-refractivity contribution in [1.29, 1.82) is 0 Å². The highest BCUT2D eigenvalue weighted by Crippen LogP contribution is 2.20. The van der Waals surface area contributed by atoms with Gasteiger partial charge in [0.15, 0.2) is 23.6 Å².